The number of amides is 2. The van der Waals surface area contributed by atoms with E-state index < -0.39 is 17.3 Å². The molecule has 9 nitrogen and oxygen atoms in total. The molecule has 1 saturated heterocycles. The van der Waals surface area contributed by atoms with Crippen LogP contribution in [0.2, 0.25) is 0 Å². The van der Waals surface area contributed by atoms with Crippen LogP contribution in [0.25, 0.3) is 0 Å². The van der Waals surface area contributed by atoms with E-state index in [2.05, 4.69) is 16.7 Å². The third kappa shape index (κ3) is 9.43. The molecular weight excluding hydrogens is 463 g/mol. The zero-order valence-electron chi connectivity index (χ0n) is 23.7. The third-order valence-electron chi connectivity index (χ3n) is 6.39. The highest BCUT2D eigenvalue weighted by atomic mass is 16.7. The van der Waals surface area contributed by atoms with Gasteiger partial charge in [-0.3, -0.25) is 4.79 Å². The van der Waals surface area contributed by atoms with Gasteiger partial charge in [0.2, 0.25) is 0 Å². The molecule has 0 aromatic carbocycles. The normalized spacial score (nSPS) is 25.0. The van der Waals surface area contributed by atoms with Crippen LogP contribution < -0.4 is 10.6 Å². The maximum absolute atomic E-state index is 11.8. The van der Waals surface area contributed by atoms with E-state index in [1.807, 2.05) is 69.2 Å². The Bertz CT molecular complexity index is 839. The fourth-order valence-corrected chi connectivity index (χ4v) is 3.93. The first-order chi connectivity index (χ1) is 16.3. The maximum Gasteiger partial charge on any atom is 0.490 e. The molecular formula is C26H45BN2O7. The quantitative estimate of drug-likeness (QED) is 0.524. The number of hydrogen-bond donors (Lipinski definition) is 2. The molecule has 2 unspecified atom stereocenters. The van der Waals surface area contributed by atoms with Crippen molar-refractivity contribution in [2.75, 3.05) is 0 Å². The SMILES string of the molecule is CC(C)(C)OC(=O)NC1CC=C(B2OC(C)(C)C(C)(C)O2)C1.CC(C)(C)OC(=O)NC1CCC(=O)C1. The van der Waals surface area contributed by atoms with Crippen molar-refractivity contribution in [3.63, 3.8) is 0 Å². The molecule has 0 radical (unpaired) electrons. The summed E-state index contributed by atoms with van der Waals surface area (Å²) in [6.07, 6.45) is 4.55. The lowest BCUT2D eigenvalue weighted by molar-refractivity contribution is -0.117. The Hall–Kier alpha value is -2.07. The van der Waals surface area contributed by atoms with Gasteiger partial charge in [0.1, 0.15) is 17.0 Å². The Morgan fingerprint density at radius 2 is 1.36 bits per heavy atom. The second-order valence-corrected chi connectivity index (χ2v) is 12.8. The molecule has 1 saturated carbocycles. The number of rotatable bonds is 3. The van der Waals surface area contributed by atoms with Gasteiger partial charge in [0.15, 0.2) is 0 Å². The molecule has 2 atom stereocenters. The molecule has 36 heavy (non-hydrogen) atoms. The molecule has 1 aliphatic heterocycles. The van der Waals surface area contributed by atoms with Crippen molar-refractivity contribution in [2.45, 2.75) is 136 Å². The van der Waals surface area contributed by atoms with Crippen molar-refractivity contribution in [3.8, 4) is 0 Å². The Morgan fingerprint density at radius 1 is 0.889 bits per heavy atom. The number of carbonyl (C=O) groups is 3. The van der Waals surface area contributed by atoms with E-state index >= 15 is 0 Å². The van der Waals surface area contributed by atoms with Crippen molar-refractivity contribution in [2.24, 2.45) is 0 Å². The fourth-order valence-electron chi connectivity index (χ4n) is 3.93. The molecule has 0 aromatic rings. The van der Waals surface area contributed by atoms with Crippen LogP contribution >= 0.6 is 0 Å². The van der Waals surface area contributed by atoms with E-state index in [1.165, 1.54) is 0 Å². The Labute approximate surface area is 216 Å². The van der Waals surface area contributed by atoms with Gasteiger partial charge in [-0.1, -0.05) is 6.08 Å². The summed E-state index contributed by atoms with van der Waals surface area (Å²) >= 11 is 0. The van der Waals surface area contributed by atoms with Crippen LogP contribution in [0.4, 0.5) is 9.59 Å². The number of alkyl carbamates (subject to hydrolysis) is 2. The lowest BCUT2D eigenvalue weighted by Gasteiger charge is -2.32. The van der Waals surface area contributed by atoms with Crippen molar-refractivity contribution in [3.05, 3.63) is 11.5 Å². The zero-order chi connectivity index (χ0) is 27.5. The van der Waals surface area contributed by atoms with E-state index in [1.54, 1.807) is 0 Å². The molecule has 1 heterocycles. The van der Waals surface area contributed by atoms with E-state index in [9.17, 15) is 14.4 Å². The van der Waals surface area contributed by atoms with Crippen LogP contribution in [-0.2, 0) is 23.6 Å². The standard InChI is InChI=1S/C16H28BNO4.C10H17NO3/c1-14(2,3)20-13(19)18-12-9-8-11(10-12)17-21-15(4,5)16(6,7)22-17;1-10(2,3)14-9(13)11-7-4-5-8(12)6-7/h8,12H,9-10H2,1-7H3,(H,18,19);7H,4-6H2,1-3H3,(H,11,13). The Balaban J connectivity index is 0.000000281. The van der Waals surface area contributed by atoms with Gasteiger partial charge in [0.25, 0.3) is 0 Å². The molecule has 0 aromatic heterocycles. The van der Waals surface area contributed by atoms with Crippen LogP contribution in [-0.4, -0.2) is 59.6 Å². The molecule has 0 bridgehead atoms. The van der Waals surface area contributed by atoms with Gasteiger partial charge in [-0.15, -0.1) is 0 Å². The lowest BCUT2D eigenvalue weighted by Crippen LogP contribution is -2.41. The first-order valence-electron chi connectivity index (χ1n) is 12.8. The predicted molar refractivity (Wildman–Crippen MR) is 139 cm³/mol. The summed E-state index contributed by atoms with van der Waals surface area (Å²) in [5.74, 6) is 0.214. The molecule has 2 aliphatic carbocycles. The minimum Gasteiger partial charge on any atom is -0.444 e. The molecule has 3 aliphatic rings. The minimum atomic E-state index is -0.481. The average Bonchev–Trinajstić information content (AvgIpc) is 3.31. The smallest absolute Gasteiger partial charge is 0.444 e. The van der Waals surface area contributed by atoms with Crippen LogP contribution in [0.3, 0.4) is 0 Å². The molecule has 204 valence electrons. The molecule has 2 amide bonds. The van der Waals surface area contributed by atoms with Crippen LogP contribution in [0.1, 0.15) is 101 Å². The van der Waals surface area contributed by atoms with Crippen molar-refractivity contribution >= 4 is 25.1 Å². The molecule has 10 heteroatoms. The highest BCUT2D eigenvalue weighted by Crippen LogP contribution is 2.40. The molecule has 3 rings (SSSR count). The van der Waals surface area contributed by atoms with Gasteiger partial charge >= 0.3 is 19.3 Å². The van der Waals surface area contributed by atoms with E-state index in [0.29, 0.717) is 12.8 Å². The van der Waals surface area contributed by atoms with Crippen LogP contribution in [0, 0.1) is 0 Å². The number of ketones is 1. The van der Waals surface area contributed by atoms with Gasteiger partial charge in [-0.2, -0.15) is 0 Å². The zero-order valence-corrected chi connectivity index (χ0v) is 23.7. The second-order valence-electron chi connectivity index (χ2n) is 12.8. The molecule has 0 spiro atoms. The fraction of sp³-hybridized carbons (Fsp3) is 0.808. The van der Waals surface area contributed by atoms with E-state index in [0.717, 1.165) is 24.7 Å². The summed E-state index contributed by atoms with van der Waals surface area (Å²) in [6, 6.07) is 0.0150. The highest BCUT2D eigenvalue weighted by Gasteiger charge is 2.52. The molecule has 2 N–H and O–H groups in total. The average molecular weight is 508 g/mol. The number of hydrogen-bond acceptors (Lipinski definition) is 7. The van der Waals surface area contributed by atoms with E-state index in [4.69, 9.17) is 18.8 Å². The topological polar surface area (TPSA) is 112 Å². The summed E-state index contributed by atoms with van der Waals surface area (Å²) in [7, 11) is -0.324. The summed E-state index contributed by atoms with van der Waals surface area (Å²) < 4.78 is 22.5. The van der Waals surface area contributed by atoms with E-state index in [-0.39, 0.29) is 42.3 Å². The number of ether oxygens (including phenoxy) is 2. The van der Waals surface area contributed by atoms with Gasteiger partial charge in [0.05, 0.1) is 11.2 Å². The monoisotopic (exact) mass is 508 g/mol. The third-order valence-corrected chi connectivity index (χ3v) is 6.39. The van der Waals surface area contributed by atoms with Gasteiger partial charge in [-0.05, 0) is 94.0 Å². The predicted octanol–water partition coefficient (Wildman–Crippen LogP) is 4.86. The van der Waals surface area contributed by atoms with Crippen molar-refractivity contribution < 1.29 is 33.2 Å². The Kier molecular flexibility index (Phi) is 9.32. The highest BCUT2D eigenvalue weighted by molar-refractivity contribution is 6.54. The van der Waals surface area contributed by atoms with Crippen LogP contribution in [0.15, 0.2) is 11.5 Å². The summed E-state index contributed by atoms with van der Waals surface area (Å²) in [4.78, 5) is 34.0. The van der Waals surface area contributed by atoms with Crippen molar-refractivity contribution in [1.82, 2.24) is 10.6 Å². The number of Topliss-reactive ketones (excluding diaryl/α,β-unsaturated/α-hetero) is 1. The van der Waals surface area contributed by atoms with Gasteiger partial charge < -0.3 is 29.4 Å². The second kappa shape index (κ2) is 11.1. The lowest BCUT2D eigenvalue weighted by atomic mass is 9.77. The summed E-state index contributed by atoms with van der Waals surface area (Å²) in [5, 5.41) is 5.59. The minimum absolute atomic E-state index is 0.0302. The van der Waals surface area contributed by atoms with Crippen LogP contribution in [0.5, 0.6) is 0 Å². The first-order valence-corrected chi connectivity index (χ1v) is 12.8. The Morgan fingerprint density at radius 3 is 1.78 bits per heavy atom. The summed E-state index contributed by atoms with van der Waals surface area (Å²) in [6.45, 7) is 19.2. The molecule has 2 fully saturated rings. The summed E-state index contributed by atoms with van der Waals surface area (Å²) in [5.41, 5.74) is -0.540. The number of carbonyl (C=O) groups excluding carboxylic acids is 3. The maximum atomic E-state index is 11.8. The van der Waals surface area contributed by atoms with Crippen molar-refractivity contribution in [1.29, 1.82) is 0 Å². The van der Waals surface area contributed by atoms with Gasteiger partial charge in [0, 0.05) is 24.9 Å². The number of nitrogens with one attached hydrogen (secondary N) is 2. The van der Waals surface area contributed by atoms with Gasteiger partial charge in [-0.25, -0.2) is 9.59 Å². The largest absolute Gasteiger partial charge is 0.490 e. The first kappa shape index (κ1) is 30.2.